The van der Waals surface area contributed by atoms with E-state index >= 15 is 0 Å². The average Bonchev–Trinajstić information content (AvgIpc) is 3.09. The Hall–Kier alpha value is -2.74. The summed E-state index contributed by atoms with van der Waals surface area (Å²) in [5.74, 6) is -0.414. The highest BCUT2D eigenvalue weighted by Gasteiger charge is 2.18. The fourth-order valence-electron chi connectivity index (χ4n) is 2.87. The van der Waals surface area contributed by atoms with Gasteiger partial charge in [0.15, 0.2) is 5.52 Å². The Morgan fingerprint density at radius 3 is 2.62 bits per heavy atom. The lowest BCUT2D eigenvalue weighted by molar-refractivity contribution is -0.117. The number of nitrogens with zero attached hydrogens (tertiary/aromatic N) is 3. The number of hydrogen-bond acceptors (Lipinski definition) is 5. The van der Waals surface area contributed by atoms with E-state index in [9.17, 15) is 9.59 Å². The molecule has 29 heavy (non-hydrogen) atoms. The van der Waals surface area contributed by atoms with Crippen molar-refractivity contribution in [1.82, 2.24) is 14.8 Å². The van der Waals surface area contributed by atoms with Gasteiger partial charge in [-0.15, -0.1) is 11.3 Å². The van der Waals surface area contributed by atoms with Crippen LogP contribution < -0.4 is 10.9 Å². The number of hydrogen-bond donors (Lipinski definition) is 1. The zero-order valence-electron chi connectivity index (χ0n) is 15.1. The first kappa shape index (κ1) is 19.6. The summed E-state index contributed by atoms with van der Waals surface area (Å²) in [7, 11) is 0. The highest BCUT2D eigenvalue weighted by Crippen LogP contribution is 2.29. The van der Waals surface area contributed by atoms with Gasteiger partial charge in [0.2, 0.25) is 5.91 Å². The van der Waals surface area contributed by atoms with Gasteiger partial charge in [-0.2, -0.15) is 5.10 Å². The molecule has 2 aromatic heterocycles. The number of thiazole rings is 1. The van der Waals surface area contributed by atoms with E-state index in [2.05, 4.69) is 15.4 Å². The summed E-state index contributed by atoms with van der Waals surface area (Å²) >= 11 is 13.3. The molecule has 9 heteroatoms. The summed E-state index contributed by atoms with van der Waals surface area (Å²) in [5, 5.41) is 8.63. The highest BCUT2D eigenvalue weighted by molar-refractivity contribution is 7.19. The first-order valence-corrected chi connectivity index (χ1v) is 10.2. The molecule has 4 aromatic rings. The molecule has 6 nitrogen and oxygen atoms in total. The van der Waals surface area contributed by atoms with Crippen LogP contribution in [-0.2, 0) is 11.3 Å². The minimum Gasteiger partial charge on any atom is -0.324 e. The smallest absolute Gasteiger partial charge is 0.294 e. The van der Waals surface area contributed by atoms with Crippen molar-refractivity contribution in [3.63, 3.8) is 0 Å². The Morgan fingerprint density at radius 2 is 1.90 bits per heavy atom. The lowest BCUT2D eigenvalue weighted by atomic mass is 10.1. The molecule has 2 heterocycles. The normalized spacial score (nSPS) is 11.0. The second-order valence-electron chi connectivity index (χ2n) is 6.27. The Bertz CT molecular complexity index is 1290. The van der Waals surface area contributed by atoms with Crippen molar-refractivity contribution in [2.45, 2.75) is 13.5 Å². The van der Waals surface area contributed by atoms with E-state index in [-0.39, 0.29) is 6.54 Å². The van der Waals surface area contributed by atoms with Crippen molar-refractivity contribution in [3.8, 4) is 11.3 Å². The van der Waals surface area contributed by atoms with Gasteiger partial charge in [-0.05, 0) is 25.1 Å². The molecule has 0 bridgehead atoms. The van der Waals surface area contributed by atoms with Crippen LogP contribution in [0.4, 0.5) is 5.69 Å². The van der Waals surface area contributed by atoms with Crippen LogP contribution in [0, 0.1) is 6.92 Å². The second-order valence-corrected chi connectivity index (χ2v) is 8.28. The summed E-state index contributed by atoms with van der Waals surface area (Å²) in [6.07, 6.45) is 0. The van der Waals surface area contributed by atoms with Crippen molar-refractivity contribution in [2.24, 2.45) is 0 Å². The topological polar surface area (TPSA) is 76.9 Å². The molecule has 4 rings (SSSR count). The Labute approximate surface area is 179 Å². The molecular formula is C20H14Cl2N4O2S. The molecule has 0 aliphatic rings. The third-order valence-corrected chi connectivity index (χ3v) is 5.87. The molecule has 0 aliphatic heterocycles. The molecule has 2 aromatic carbocycles. The number of fused-ring (bicyclic) bond motifs is 1. The Balaban J connectivity index is 1.71. The van der Waals surface area contributed by atoms with E-state index in [1.165, 1.54) is 11.3 Å². The van der Waals surface area contributed by atoms with Gasteiger partial charge in [0.25, 0.3) is 5.56 Å². The minimum absolute atomic E-state index is 0.259. The van der Waals surface area contributed by atoms with E-state index in [4.69, 9.17) is 23.2 Å². The quantitative estimate of drug-likeness (QED) is 0.491. The molecule has 0 radical (unpaired) electrons. The van der Waals surface area contributed by atoms with Crippen LogP contribution in [-0.4, -0.2) is 20.7 Å². The van der Waals surface area contributed by atoms with Gasteiger partial charge in [-0.1, -0.05) is 53.5 Å². The predicted molar refractivity (Wildman–Crippen MR) is 117 cm³/mol. The molecule has 146 valence electrons. The van der Waals surface area contributed by atoms with Gasteiger partial charge in [0.05, 0.1) is 19.8 Å². The van der Waals surface area contributed by atoms with E-state index in [0.29, 0.717) is 31.6 Å². The molecule has 0 fully saturated rings. The third kappa shape index (κ3) is 4.03. The maximum absolute atomic E-state index is 12.8. The van der Waals surface area contributed by atoms with E-state index in [0.717, 1.165) is 15.3 Å². The molecule has 0 saturated heterocycles. The maximum Gasteiger partial charge on any atom is 0.294 e. The number of aryl methyl sites for hydroxylation is 1. The van der Waals surface area contributed by atoms with Crippen molar-refractivity contribution >= 4 is 56.3 Å². The van der Waals surface area contributed by atoms with Crippen LogP contribution in [0.25, 0.3) is 21.5 Å². The number of aromatic nitrogens is 3. The lowest BCUT2D eigenvalue weighted by Gasteiger charge is -2.10. The van der Waals surface area contributed by atoms with Crippen LogP contribution in [0.1, 0.15) is 5.01 Å². The minimum atomic E-state index is -0.414. The fraction of sp³-hybridized carbons (Fsp3) is 0.100. The largest absolute Gasteiger partial charge is 0.324 e. The number of nitrogens with one attached hydrogen (secondary N) is 1. The van der Waals surface area contributed by atoms with Crippen LogP contribution in [0.5, 0.6) is 0 Å². The number of anilines is 1. The summed E-state index contributed by atoms with van der Waals surface area (Å²) in [4.78, 5) is 29.7. The number of carbonyl (C=O) groups is 1. The first-order valence-electron chi connectivity index (χ1n) is 8.61. The molecule has 0 aliphatic carbocycles. The van der Waals surface area contributed by atoms with Crippen molar-refractivity contribution in [2.75, 3.05) is 5.32 Å². The van der Waals surface area contributed by atoms with Gasteiger partial charge in [-0.25, -0.2) is 9.67 Å². The number of carbonyl (C=O) groups excluding carboxylic acids is 1. The molecular weight excluding hydrogens is 431 g/mol. The van der Waals surface area contributed by atoms with Gasteiger partial charge in [0.1, 0.15) is 12.2 Å². The summed E-state index contributed by atoms with van der Waals surface area (Å²) in [5.41, 5.74) is 1.84. The number of rotatable bonds is 4. The Kier molecular flexibility index (Phi) is 5.36. The predicted octanol–water partition coefficient (Wildman–Crippen LogP) is 4.77. The van der Waals surface area contributed by atoms with Crippen LogP contribution in [0.2, 0.25) is 10.0 Å². The van der Waals surface area contributed by atoms with Crippen molar-refractivity contribution in [1.29, 1.82) is 0 Å². The zero-order chi connectivity index (χ0) is 20.5. The van der Waals surface area contributed by atoms with Crippen molar-refractivity contribution in [3.05, 3.63) is 73.9 Å². The molecule has 0 atom stereocenters. The SMILES string of the molecule is Cc1nc2c(=O)n(CC(=O)Nc3ccc(Cl)c(Cl)c3)nc(-c3ccccc3)c2s1. The monoisotopic (exact) mass is 444 g/mol. The molecule has 1 amide bonds. The first-order chi connectivity index (χ1) is 13.9. The van der Waals surface area contributed by atoms with E-state index in [1.807, 2.05) is 37.3 Å². The fourth-order valence-corrected chi connectivity index (χ4v) is 4.08. The number of halogens is 2. The summed E-state index contributed by atoms with van der Waals surface area (Å²) < 4.78 is 1.84. The highest BCUT2D eigenvalue weighted by atomic mass is 35.5. The van der Waals surface area contributed by atoms with Gasteiger partial charge in [-0.3, -0.25) is 9.59 Å². The third-order valence-electron chi connectivity index (χ3n) is 4.15. The van der Waals surface area contributed by atoms with Crippen LogP contribution in [0.15, 0.2) is 53.3 Å². The summed E-state index contributed by atoms with van der Waals surface area (Å²) in [6.45, 7) is 1.58. The molecule has 1 N–H and O–H groups in total. The maximum atomic E-state index is 12.8. The molecule has 0 saturated carbocycles. The van der Waals surface area contributed by atoms with Crippen LogP contribution >= 0.6 is 34.5 Å². The van der Waals surface area contributed by atoms with Gasteiger partial charge in [0, 0.05) is 11.3 Å². The number of amides is 1. The van der Waals surface area contributed by atoms with Crippen molar-refractivity contribution < 1.29 is 4.79 Å². The zero-order valence-corrected chi connectivity index (χ0v) is 17.5. The van der Waals surface area contributed by atoms with Crippen LogP contribution in [0.3, 0.4) is 0 Å². The van der Waals surface area contributed by atoms with E-state index in [1.54, 1.807) is 18.2 Å². The van der Waals surface area contributed by atoms with Gasteiger partial charge >= 0.3 is 0 Å². The molecule has 0 spiro atoms. The van der Waals surface area contributed by atoms with E-state index < -0.39 is 11.5 Å². The second kappa shape index (κ2) is 7.94. The standard InChI is InChI=1S/C20H14Cl2N4O2S/c1-11-23-18-19(29-11)17(12-5-3-2-4-6-12)25-26(20(18)28)10-16(27)24-13-7-8-14(21)15(22)9-13/h2-9H,10H2,1H3,(H,24,27). The lowest BCUT2D eigenvalue weighted by Crippen LogP contribution is -2.30. The average molecular weight is 445 g/mol. The number of benzene rings is 2. The van der Waals surface area contributed by atoms with Gasteiger partial charge < -0.3 is 5.32 Å². The summed E-state index contributed by atoms with van der Waals surface area (Å²) in [6, 6.07) is 14.3. The Morgan fingerprint density at radius 1 is 1.14 bits per heavy atom. The molecule has 0 unspecified atom stereocenters.